The minimum absolute atomic E-state index is 0.0451. The molecular formula is C21H44O6. The van der Waals surface area contributed by atoms with Crippen molar-refractivity contribution in [3.8, 4) is 0 Å². The Hall–Kier alpha value is -1.14. The molecule has 0 saturated heterocycles. The van der Waals surface area contributed by atoms with Crippen molar-refractivity contribution >= 4 is 11.9 Å². The summed E-state index contributed by atoms with van der Waals surface area (Å²) < 4.78 is 0. The third-order valence-electron chi connectivity index (χ3n) is 4.35. The van der Waals surface area contributed by atoms with Crippen LogP contribution in [0.1, 0.15) is 92.9 Å². The summed E-state index contributed by atoms with van der Waals surface area (Å²) in [6.45, 7) is 11.7. The molecule has 6 heteroatoms. The first-order chi connectivity index (χ1) is 12.6. The van der Waals surface area contributed by atoms with Crippen LogP contribution in [0.25, 0.3) is 0 Å². The smallest absolute Gasteiger partial charge is 0.306 e. The fourth-order valence-corrected chi connectivity index (χ4v) is 1.96. The van der Waals surface area contributed by atoms with E-state index in [2.05, 4.69) is 13.8 Å². The summed E-state index contributed by atoms with van der Waals surface area (Å²) in [6.07, 6.45) is 7.43. The third-order valence-corrected chi connectivity index (χ3v) is 4.35. The second-order valence-corrected chi connectivity index (χ2v) is 7.65. The topological polar surface area (TPSA) is 115 Å². The van der Waals surface area contributed by atoms with E-state index in [9.17, 15) is 9.59 Å². The van der Waals surface area contributed by atoms with Crippen molar-refractivity contribution in [3.05, 3.63) is 0 Å². The van der Waals surface area contributed by atoms with E-state index < -0.39 is 11.9 Å². The van der Waals surface area contributed by atoms with E-state index in [1.165, 1.54) is 0 Å². The van der Waals surface area contributed by atoms with Gasteiger partial charge in [0, 0.05) is 5.41 Å². The molecule has 4 N–H and O–H groups in total. The molecule has 0 aliphatic rings. The number of aliphatic hydroxyl groups is 2. The van der Waals surface area contributed by atoms with E-state index in [0.29, 0.717) is 0 Å². The lowest BCUT2D eigenvalue weighted by Gasteiger charge is -2.16. The van der Waals surface area contributed by atoms with Crippen molar-refractivity contribution in [1.82, 2.24) is 0 Å². The van der Waals surface area contributed by atoms with Crippen molar-refractivity contribution in [1.29, 1.82) is 0 Å². The number of hydrogen-bond donors (Lipinski definition) is 4. The van der Waals surface area contributed by atoms with Crippen molar-refractivity contribution in [3.63, 3.8) is 0 Å². The van der Waals surface area contributed by atoms with E-state index in [1.54, 1.807) is 13.8 Å². The lowest BCUT2D eigenvalue weighted by atomic mass is 9.97. The first kappa shape index (κ1) is 30.6. The molecule has 0 saturated carbocycles. The number of carbonyl (C=O) groups is 2. The highest BCUT2D eigenvalue weighted by Crippen LogP contribution is 2.12. The van der Waals surface area contributed by atoms with Crippen LogP contribution >= 0.6 is 0 Å². The Labute approximate surface area is 166 Å². The number of hydrogen-bond acceptors (Lipinski definition) is 4. The number of aliphatic hydroxyl groups excluding tert-OH is 2. The van der Waals surface area contributed by atoms with Gasteiger partial charge in [0.2, 0.25) is 0 Å². The first-order valence-corrected chi connectivity index (χ1v) is 10.2. The summed E-state index contributed by atoms with van der Waals surface area (Å²) in [4.78, 5) is 20.9. The minimum Gasteiger partial charge on any atom is -0.481 e. The fourth-order valence-electron chi connectivity index (χ4n) is 1.96. The molecule has 0 aliphatic heterocycles. The molecule has 0 amide bonds. The van der Waals surface area contributed by atoms with Crippen molar-refractivity contribution in [2.24, 2.45) is 17.3 Å². The normalized spacial score (nSPS) is 12.7. The fraction of sp³-hybridized carbons (Fsp3) is 0.905. The molecule has 0 aliphatic carbocycles. The van der Waals surface area contributed by atoms with Gasteiger partial charge < -0.3 is 20.4 Å². The van der Waals surface area contributed by atoms with Crippen molar-refractivity contribution in [2.45, 2.75) is 92.9 Å². The molecule has 164 valence electrons. The summed E-state index contributed by atoms with van der Waals surface area (Å²) in [5.74, 6) is -1.51. The maximum atomic E-state index is 10.4. The van der Waals surface area contributed by atoms with Gasteiger partial charge in [-0.05, 0) is 25.7 Å². The molecule has 27 heavy (non-hydrogen) atoms. The molecule has 2 atom stereocenters. The predicted molar refractivity (Wildman–Crippen MR) is 110 cm³/mol. The van der Waals surface area contributed by atoms with Crippen LogP contribution in [0.3, 0.4) is 0 Å². The summed E-state index contributed by atoms with van der Waals surface area (Å²) in [7, 11) is 0. The van der Waals surface area contributed by atoms with Crippen molar-refractivity contribution in [2.75, 3.05) is 13.2 Å². The molecule has 0 rings (SSSR count). The van der Waals surface area contributed by atoms with E-state index in [4.69, 9.17) is 20.4 Å². The number of aliphatic carboxylic acids is 2. The van der Waals surface area contributed by atoms with E-state index >= 15 is 0 Å². The zero-order valence-corrected chi connectivity index (χ0v) is 18.3. The second kappa shape index (κ2) is 19.6. The van der Waals surface area contributed by atoms with Gasteiger partial charge in [-0.1, -0.05) is 67.2 Å². The molecule has 0 heterocycles. The lowest BCUT2D eigenvalue weighted by Crippen LogP contribution is -2.20. The number of unbranched alkanes of at least 4 members (excludes halogenated alkanes) is 2. The molecule has 0 bridgehead atoms. The van der Waals surface area contributed by atoms with Gasteiger partial charge in [0.05, 0.1) is 25.0 Å². The molecule has 0 fully saturated rings. The van der Waals surface area contributed by atoms with Gasteiger partial charge in [0.15, 0.2) is 0 Å². The van der Waals surface area contributed by atoms with E-state index in [-0.39, 0.29) is 30.5 Å². The highest BCUT2D eigenvalue weighted by Gasteiger charge is 2.14. The molecule has 0 spiro atoms. The second-order valence-electron chi connectivity index (χ2n) is 7.65. The van der Waals surface area contributed by atoms with Gasteiger partial charge in [-0.15, -0.1) is 0 Å². The van der Waals surface area contributed by atoms with E-state index in [1.807, 2.05) is 13.8 Å². The molecule has 0 radical (unpaired) electrons. The Bertz CT molecular complexity index is 323. The summed E-state index contributed by atoms with van der Waals surface area (Å²) in [5, 5.41) is 34.1. The summed E-state index contributed by atoms with van der Waals surface area (Å²) >= 11 is 0. The third kappa shape index (κ3) is 21.0. The van der Waals surface area contributed by atoms with Crippen LogP contribution in [0.2, 0.25) is 0 Å². The Kier molecular flexibility index (Phi) is 22.2. The van der Waals surface area contributed by atoms with Crippen LogP contribution in [0.5, 0.6) is 0 Å². The lowest BCUT2D eigenvalue weighted by molar-refractivity contribution is -0.143. The Morgan fingerprint density at radius 2 is 1.04 bits per heavy atom. The van der Waals surface area contributed by atoms with Gasteiger partial charge in [0.25, 0.3) is 0 Å². The molecule has 2 unspecified atom stereocenters. The van der Waals surface area contributed by atoms with Crippen LogP contribution < -0.4 is 0 Å². The van der Waals surface area contributed by atoms with E-state index in [0.717, 1.165) is 51.4 Å². The van der Waals surface area contributed by atoms with Crippen LogP contribution in [0.15, 0.2) is 0 Å². The van der Waals surface area contributed by atoms with Crippen LogP contribution in [-0.4, -0.2) is 45.6 Å². The van der Waals surface area contributed by atoms with Gasteiger partial charge in [-0.3, -0.25) is 9.59 Å². The van der Waals surface area contributed by atoms with Gasteiger partial charge in [-0.25, -0.2) is 0 Å². The Morgan fingerprint density at radius 1 is 0.741 bits per heavy atom. The SMILES string of the molecule is CC(C)(CO)CO.CCCCC(CC)C(=O)O.CCCCC(CC)C(=O)O. The zero-order valence-electron chi connectivity index (χ0n) is 18.3. The zero-order chi connectivity index (χ0) is 21.9. The standard InChI is InChI=1S/2C8H16O2.C5H12O2/c2*1-3-5-6-7(4-2)8(9)10;1-5(2,3-6)4-7/h2*7H,3-6H2,1-2H3,(H,9,10);6-7H,3-4H2,1-2H3. The molecule has 0 aromatic carbocycles. The Morgan fingerprint density at radius 3 is 1.15 bits per heavy atom. The molecular weight excluding hydrogens is 348 g/mol. The van der Waals surface area contributed by atoms with Crippen LogP contribution in [0.4, 0.5) is 0 Å². The predicted octanol–water partition coefficient (Wildman–Crippen LogP) is 4.57. The molecule has 0 aromatic heterocycles. The highest BCUT2D eigenvalue weighted by atomic mass is 16.4. The van der Waals surface area contributed by atoms with Gasteiger partial charge >= 0.3 is 11.9 Å². The quantitative estimate of drug-likeness (QED) is 0.387. The average molecular weight is 393 g/mol. The van der Waals surface area contributed by atoms with Crippen molar-refractivity contribution < 1.29 is 30.0 Å². The highest BCUT2D eigenvalue weighted by molar-refractivity contribution is 5.70. The number of rotatable bonds is 12. The molecule has 6 nitrogen and oxygen atoms in total. The van der Waals surface area contributed by atoms with Crippen LogP contribution in [-0.2, 0) is 9.59 Å². The minimum atomic E-state index is -0.643. The Balaban J connectivity index is -0.000000326. The summed E-state index contributed by atoms with van der Waals surface area (Å²) in [5.41, 5.74) is -0.306. The number of carboxylic acids is 2. The number of carboxylic acid groups (broad SMARTS) is 2. The summed E-state index contributed by atoms with van der Waals surface area (Å²) in [6, 6.07) is 0. The average Bonchev–Trinajstić information content (AvgIpc) is 2.63. The largest absolute Gasteiger partial charge is 0.481 e. The van der Waals surface area contributed by atoms with Gasteiger partial charge in [0.1, 0.15) is 0 Å². The monoisotopic (exact) mass is 392 g/mol. The molecule has 0 aromatic rings. The van der Waals surface area contributed by atoms with Crippen LogP contribution in [0, 0.1) is 17.3 Å². The van der Waals surface area contributed by atoms with Gasteiger partial charge in [-0.2, -0.15) is 0 Å². The first-order valence-electron chi connectivity index (χ1n) is 10.2. The maximum absolute atomic E-state index is 10.4. The maximum Gasteiger partial charge on any atom is 0.306 e.